The van der Waals surface area contributed by atoms with Crippen LogP contribution in [0, 0.1) is 11.8 Å². The van der Waals surface area contributed by atoms with Gasteiger partial charge in [0.25, 0.3) is 0 Å². The minimum Gasteiger partial charge on any atom is -0.411 e. The number of rotatable bonds is 1. The van der Waals surface area contributed by atoms with Gasteiger partial charge in [-0.2, -0.15) is 0 Å². The van der Waals surface area contributed by atoms with Gasteiger partial charge in [-0.3, -0.25) is 4.90 Å². The molecule has 3 fully saturated rings. The molecular weight excluding hydrogens is 200 g/mol. The molecule has 0 aromatic carbocycles. The number of oxime groups is 1. The summed E-state index contributed by atoms with van der Waals surface area (Å²) in [6.07, 6.45) is 7.86. The van der Waals surface area contributed by atoms with Crippen LogP contribution in [0.4, 0.5) is 0 Å². The molecule has 2 aliphatic carbocycles. The first-order chi connectivity index (χ1) is 7.81. The van der Waals surface area contributed by atoms with Crippen molar-refractivity contribution in [2.45, 2.75) is 57.5 Å². The molecule has 16 heavy (non-hydrogen) atoms. The molecule has 90 valence electrons. The molecule has 1 aliphatic heterocycles. The molecule has 0 radical (unpaired) electrons. The van der Waals surface area contributed by atoms with E-state index in [0.29, 0.717) is 18.0 Å². The molecule has 3 nitrogen and oxygen atoms in total. The topological polar surface area (TPSA) is 35.8 Å². The fourth-order valence-corrected chi connectivity index (χ4v) is 4.17. The zero-order valence-electron chi connectivity index (χ0n) is 10.1. The lowest BCUT2D eigenvalue weighted by molar-refractivity contribution is 0.108. The van der Waals surface area contributed by atoms with Crippen LogP contribution in [0.25, 0.3) is 0 Å². The molecule has 0 spiro atoms. The molecule has 0 aromatic rings. The summed E-state index contributed by atoms with van der Waals surface area (Å²) in [4.78, 5) is 2.61. The van der Waals surface area contributed by atoms with Gasteiger partial charge in [0.05, 0.1) is 11.8 Å². The van der Waals surface area contributed by atoms with Gasteiger partial charge in [-0.15, -0.1) is 0 Å². The molecule has 2 bridgehead atoms. The second-order valence-electron chi connectivity index (χ2n) is 5.82. The Morgan fingerprint density at radius 2 is 2.12 bits per heavy atom. The Balaban J connectivity index is 1.82. The summed E-state index contributed by atoms with van der Waals surface area (Å²) >= 11 is 0. The van der Waals surface area contributed by atoms with Crippen LogP contribution in [-0.2, 0) is 0 Å². The van der Waals surface area contributed by atoms with Gasteiger partial charge in [0, 0.05) is 12.0 Å². The Kier molecular flexibility index (Phi) is 2.66. The predicted molar refractivity (Wildman–Crippen MR) is 63.9 cm³/mol. The highest BCUT2D eigenvalue weighted by Gasteiger charge is 2.49. The van der Waals surface area contributed by atoms with Crippen LogP contribution in [0.5, 0.6) is 0 Å². The Morgan fingerprint density at radius 3 is 2.88 bits per heavy atom. The molecular formula is C13H22N2O. The van der Waals surface area contributed by atoms with Gasteiger partial charge in [-0.25, -0.2) is 0 Å². The van der Waals surface area contributed by atoms with Gasteiger partial charge < -0.3 is 5.21 Å². The molecule has 1 saturated heterocycles. The molecule has 3 heteroatoms. The number of fused-ring (bicyclic) bond motifs is 2. The first-order valence-corrected chi connectivity index (χ1v) is 6.79. The van der Waals surface area contributed by atoms with E-state index in [9.17, 15) is 5.21 Å². The molecule has 1 N–H and O–H groups in total. The highest BCUT2D eigenvalue weighted by atomic mass is 16.4. The molecule has 0 aromatic heterocycles. The molecule has 2 saturated carbocycles. The summed E-state index contributed by atoms with van der Waals surface area (Å²) in [7, 11) is 0. The lowest BCUT2D eigenvalue weighted by Gasteiger charge is -2.41. The third-order valence-electron chi connectivity index (χ3n) is 4.97. The second kappa shape index (κ2) is 4.02. The van der Waals surface area contributed by atoms with Gasteiger partial charge in [-0.1, -0.05) is 11.6 Å². The van der Waals surface area contributed by atoms with E-state index in [0.717, 1.165) is 11.6 Å². The van der Waals surface area contributed by atoms with Crippen molar-refractivity contribution in [1.29, 1.82) is 0 Å². The van der Waals surface area contributed by atoms with Gasteiger partial charge in [0.2, 0.25) is 0 Å². The van der Waals surface area contributed by atoms with Crippen molar-refractivity contribution in [3.05, 3.63) is 0 Å². The maximum absolute atomic E-state index is 9.24. The highest BCUT2D eigenvalue weighted by molar-refractivity contribution is 5.94. The lowest BCUT2D eigenvalue weighted by Crippen LogP contribution is -2.51. The minimum absolute atomic E-state index is 0.471. The Labute approximate surface area is 97.5 Å². The molecule has 0 amide bonds. The number of likely N-dealkylation sites (tertiary alicyclic amines) is 1. The summed E-state index contributed by atoms with van der Waals surface area (Å²) in [5.74, 6) is 1.37. The van der Waals surface area contributed by atoms with Crippen LogP contribution in [0.2, 0.25) is 0 Å². The fraction of sp³-hybridized carbons (Fsp3) is 0.923. The summed E-state index contributed by atoms with van der Waals surface area (Å²) < 4.78 is 0. The summed E-state index contributed by atoms with van der Waals surface area (Å²) in [5, 5.41) is 12.9. The van der Waals surface area contributed by atoms with E-state index in [4.69, 9.17) is 0 Å². The quantitative estimate of drug-likeness (QED) is 0.546. The van der Waals surface area contributed by atoms with Gasteiger partial charge in [0.15, 0.2) is 0 Å². The van der Waals surface area contributed by atoms with Crippen molar-refractivity contribution < 1.29 is 5.21 Å². The van der Waals surface area contributed by atoms with Crippen molar-refractivity contribution in [1.82, 2.24) is 4.90 Å². The summed E-state index contributed by atoms with van der Waals surface area (Å²) in [5.41, 5.74) is 1.10. The van der Waals surface area contributed by atoms with Crippen molar-refractivity contribution >= 4 is 5.71 Å². The highest BCUT2D eigenvalue weighted by Crippen LogP contribution is 2.46. The molecule has 1 heterocycles. The van der Waals surface area contributed by atoms with Gasteiger partial charge in [0.1, 0.15) is 0 Å². The van der Waals surface area contributed by atoms with Gasteiger partial charge in [-0.05, 0) is 51.5 Å². The van der Waals surface area contributed by atoms with E-state index in [1.54, 1.807) is 0 Å². The Bertz CT molecular complexity index is 302. The van der Waals surface area contributed by atoms with Crippen LogP contribution in [0.15, 0.2) is 5.16 Å². The first-order valence-electron chi connectivity index (χ1n) is 6.79. The standard InChI is InChI=1S/C13H22N2O/c1-9-4-2-3-7-15(9)13-11-6-5-10(8-11)12(13)14-16/h9-11,13,16H,2-8H2,1H3/b14-12+. The number of nitrogens with zero attached hydrogens (tertiary/aromatic N) is 2. The minimum atomic E-state index is 0.471. The first kappa shape index (κ1) is 10.6. The number of piperidine rings is 1. The zero-order chi connectivity index (χ0) is 11.1. The van der Waals surface area contributed by atoms with Gasteiger partial charge >= 0.3 is 0 Å². The Morgan fingerprint density at radius 1 is 1.25 bits per heavy atom. The van der Waals surface area contributed by atoms with Crippen molar-refractivity contribution in [3.8, 4) is 0 Å². The third-order valence-corrected chi connectivity index (χ3v) is 4.97. The van der Waals surface area contributed by atoms with E-state index in [-0.39, 0.29) is 0 Å². The average molecular weight is 222 g/mol. The van der Waals surface area contributed by atoms with Crippen LogP contribution >= 0.6 is 0 Å². The maximum atomic E-state index is 9.24. The number of hydrogen-bond donors (Lipinski definition) is 1. The number of hydrogen-bond acceptors (Lipinski definition) is 3. The molecule has 4 unspecified atom stereocenters. The SMILES string of the molecule is CC1CCCCN1C1/C(=N/O)C2CCC1C2. The predicted octanol–water partition coefficient (Wildman–Crippen LogP) is 2.49. The largest absolute Gasteiger partial charge is 0.411 e. The Hall–Kier alpha value is -0.570. The summed E-state index contributed by atoms with van der Waals surface area (Å²) in [6.45, 7) is 3.54. The molecule has 4 atom stereocenters. The fourth-order valence-electron chi connectivity index (χ4n) is 4.17. The molecule has 3 aliphatic rings. The van der Waals surface area contributed by atoms with E-state index < -0.39 is 0 Å². The van der Waals surface area contributed by atoms with Crippen LogP contribution in [0.3, 0.4) is 0 Å². The van der Waals surface area contributed by atoms with E-state index in [1.165, 1.54) is 45.1 Å². The van der Waals surface area contributed by atoms with Crippen molar-refractivity contribution in [2.24, 2.45) is 17.0 Å². The van der Waals surface area contributed by atoms with Crippen molar-refractivity contribution in [2.75, 3.05) is 6.54 Å². The normalized spacial score (nSPS) is 46.7. The van der Waals surface area contributed by atoms with E-state index in [2.05, 4.69) is 17.0 Å². The monoisotopic (exact) mass is 222 g/mol. The van der Waals surface area contributed by atoms with Crippen LogP contribution < -0.4 is 0 Å². The van der Waals surface area contributed by atoms with Crippen LogP contribution in [0.1, 0.15) is 45.4 Å². The smallest absolute Gasteiger partial charge is 0.0775 e. The summed E-state index contributed by atoms with van der Waals surface area (Å²) in [6, 6.07) is 1.15. The maximum Gasteiger partial charge on any atom is 0.0775 e. The second-order valence-corrected chi connectivity index (χ2v) is 5.82. The third kappa shape index (κ3) is 1.48. The van der Waals surface area contributed by atoms with E-state index in [1.807, 2.05) is 0 Å². The average Bonchev–Trinajstić information content (AvgIpc) is 2.89. The van der Waals surface area contributed by atoms with Crippen LogP contribution in [-0.4, -0.2) is 34.4 Å². The lowest BCUT2D eigenvalue weighted by atomic mass is 9.89. The molecule has 3 rings (SSSR count). The van der Waals surface area contributed by atoms with E-state index >= 15 is 0 Å². The van der Waals surface area contributed by atoms with Crippen molar-refractivity contribution in [3.63, 3.8) is 0 Å². The zero-order valence-corrected chi connectivity index (χ0v) is 10.1.